The highest BCUT2D eigenvalue weighted by Gasteiger charge is 2.25. The smallest absolute Gasteiger partial charge is 0.303 e. The van der Waals surface area contributed by atoms with E-state index in [0.717, 1.165) is 25.0 Å². The number of piperidine rings is 1. The minimum Gasteiger partial charge on any atom is -0.481 e. The van der Waals surface area contributed by atoms with Crippen LogP contribution in [0.4, 0.5) is 0 Å². The number of likely N-dealkylation sites (tertiary alicyclic amines) is 1. The minimum absolute atomic E-state index is 0.0403. The van der Waals surface area contributed by atoms with Crippen LogP contribution >= 0.6 is 0 Å². The van der Waals surface area contributed by atoms with Gasteiger partial charge in [-0.15, -0.1) is 0 Å². The first-order valence-corrected chi connectivity index (χ1v) is 7.26. The molecule has 0 spiro atoms. The molecule has 2 rings (SSSR count). The van der Waals surface area contributed by atoms with Gasteiger partial charge in [-0.25, -0.2) is 0 Å². The van der Waals surface area contributed by atoms with Crippen molar-refractivity contribution >= 4 is 18.0 Å². The van der Waals surface area contributed by atoms with E-state index in [1.54, 1.807) is 27.9 Å². The first-order valence-electron chi connectivity index (χ1n) is 7.26. The third kappa shape index (κ3) is 4.18. The Morgan fingerprint density at radius 2 is 2.29 bits per heavy atom. The van der Waals surface area contributed by atoms with Crippen LogP contribution in [0.2, 0.25) is 0 Å². The van der Waals surface area contributed by atoms with E-state index in [1.165, 1.54) is 0 Å². The molecule has 1 saturated heterocycles. The van der Waals surface area contributed by atoms with Crippen LogP contribution in [0.15, 0.2) is 18.3 Å². The highest BCUT2D eigenvalue weighted by atomic mass is 16.4. The fraction of sp³-hybridized carbons (Fsp3) is 0.533. The van der Waals surface area contributed by atoms with Gasteiger partial charge in [0.15, 0.2) is 0 Å². The van der Waals surface area contributed by atoms with Crippen molar-refractivity contribution in [2.45, 2.75) is 38.1 Å². The van der Waals surface area contributed by atoms with Crippen molar-refractivity contribution < 1.29 is 14.7 Å². The zero-order valence-electron chi connectivity index (χ0n) is 12.2. The quantitative estimate of drug-likeness (QED) is 0.837. The van der Waals surface area contributed by atoms with Gasteiger partial charge in [0.05, 0.1) is 5.69 Å². The van der Waals surface area contributed by atoms with Crippen LogP contribution in [0.3, 0.4) is 0 Å². The molecule has 0 saturated carbocycles. The molecule has 1 atom stereocenters. The predicted molar refractivity (Wildman–Crippen MR) is 78.5 cm³/mol. The summed E-state index contributed by atoms with van der Waals surface area (Å²) in [5.41, 5.74) is 0.863. The number of aromatic nitrogens is 2. The topological polar surface area (TPSA) is 75.4 Å². The summed E-state index contributed by atoms with van der Waals surface area (Å²) in [6.07, 6.45) is 8.54. The Morgan fingerprint density at radius 3 is 2.95 bits per heavy atom. The second kappa shape index (κ2) is 7.06. The number of hydrogen-bond acceptors (Lipinski definition) is 3. The summed E-state index contributed by atoms with van der Waals surface area (Å²) in [5, 5.41) is 12.8. The molecule has 2 heterocycles. The maximum Gasteiger partial charge on any atom is 0.303 e. The van der Waals surface area contributed by atoms with E-state index in [2.05, 4.69) is 5.10 Å². The Bertz CT molecular complexity index is 536. The van der Waals surface area contributed by atoms with Gasteiger partial charge in [0.25, 0.3) is 0 Å². The first-order chi connectivity index (χ1) is 10.1. The third-order valence-corrected chi connectivity index (χ3v) is 3.86. The average Bonchev–Trinajstić information content (AvgIpc) is 2.88. The second-order valence-corrected chi connectivity index (χ2v) is 5.33. The average molecular weight is 291 g/mol. The molecule has 0 aromatic carbocycles. The van der Waals surface area contributed by atoms with E-state index < -0.39 is 5.97 Å². The number of carbonyl (C=O) groups excluding carboxylic acids is 1. The third-order valence-electron chi connectivity index (χ3n) is 3.86. The Morgan fingerprint density at radius 1 is 1.48 bits per heavy atom. The molecule has 1 N–H and O–H groups in total. The van der Waals surface area contributed by atoms with Gasteiger partial charge >= 0.3 is 5.97 Å². The standard InChI is InChI=1S/C15H21N3O3/c1-17-12(9-10-16-17)5-7-14(19)18-11-3-2-4-13(18)6-8-15(20)21/h5,7,9-10,13H,2-4,6,8,11H2,1H3,(H,20,21)/b7-5+/t13-/m1/s1. The van der Waals surface area contributed by atoms with Crippen LogP contribution in [-0.2, 0) is 16.6 Å². The molecule has 0 aliphatic carbocycles. The zero-order valence-corrected chi connectivity index (χ0v) is 12.2. The van der Waals surface area contributed by atoms with Crippen LogP contribution in [0, 0.1) is 0 Å². The van der Waals surface area contributed by atoms with Gasteiger partial charge in [-0.05, 0) is 37.8 Å². The summed E-state index contributed by atoms with van der Waals surface area (Å²) < 4.78 is 1.70. The Labute approximate surface area is 124 Å². The van der Waals surface area contributed by atoms with Crippen LogP contribution in [0.25, 0.3) is 6.08 Å². The molecule has 0 radical (unpaired) electrons. The second-order valence-electron chi connectivity index (χ2n) is 5.33. The van der Waals surface area contributed by atoms with Crippen molar-refractivity contribution in [2.24, 2.45) is 7.05 Å². The number of carboxylic acid groups (broad SMARTS) is 1. The lowest BCUT2D eigenvalue weighted by Crippen LogP contribution is -2.43. The number of amides is 1. The van der Waals surface area contributed by atoms with E-state index in [1.807, 2.05) is 13.1 Å². The van der Waals surface area contributed by atoms with Gasteiger partial charge in [-0.1, -0.05) is 0 Å². The summed E-state index contributed by atoms with van der Waals surface area (Å²) in [6.45, 7) is 0.707. The molecule has 1 amide bonds. The molecule has 1 aromatic heterocycles. The zero-order chi connectivity index (χ0) is 15.2. The number of carboxylic acids is 1. The van der Waals surface area contributed by atoms with E-state index in [0.29, 0.717) is 13.0 Å². The molecule has 0 bridgehead atoms. The molecule has 1 aliphatic rings. The maximum absolute atomic E-state index is 12.3. The van der Waals surface area contributed by atoms with E-state index in [-0.39, 0.29) is 18.4 Å². The highest BCUT2D eigenvalue weighted by molar-refractivity contribution is 5.91. The summed E-state index contributed by atoms with van der Waals surface area (Å²) in [5.74, 6) is -0.857. The molecular formula is C15H21N3O3. The van der Waals surface area contributed by atoms with Crippen LogP contribution in [-0.4, -0.2) is 44.3 Å². The molecule has 1 aliphatic heterocycles. The van der Waals surface area contributed by atoms with E-state index >= 15 is 0 Å². The van der Waals surface area contributed by atoms with Crippen LogP contribution in [0.1, 0.15) is 37.8 Å². The van der Waals surface area contributed by atoms with E-state index in [9.17, 15) is 9.59 Å². The van der Waals surface area contributed by atoms with Gasteiger partial charge in [0, 0.05) is 38.3 Å². The molecule has 6 heteroatoms. The number of aryl methyl sites for hydroxylation is 1. The van der Waals surface area contributed by atoms with Crippen molar-refractivity contribution in [1.82, 2.24) is 14.7 Å². The summed E-state index contributed by atoms with van der Waals surface area (Å²) >= 11 is 0. The first kappa shape index (κ1) is 15.3. The van der Waals surface area contributed by atoms with Crippen molar-refractivity contribution in [3.05, 3.63) is 24.0 Å². The van der Waals surface area contributed by atoms with Gasteiger partial charge in [0.1, 0.15) is 0 Å². The fourth-order valence-electron chi connectivity index (χ4n) is 2.68. The molecule has 0 unspecified atom stereocenters. The summed E-state index contributed by atoms with van der Waals surface area (Å²) in [7, 11) is 1.82. The molecular weight excluding hydrogens is 270 g/mol. The number of aliphatic carboxylic acids is 1. The maximum atomic E-state index is 12.3. The molecule has 6 nitrogen and oxygen atoms in total. The van der Waals surface area contributed by atoms with Crippen molar-refractivity contribution in [3.8, 4) is 0 Å². The Kier molecular flexibility index (Phi) is 5.14. The SMILES string of the molecule is Cn1nccc1/C=C/C(=O)N1CCCC[C@@H]1CCC(=O)O. The molecule has 1 fully saturated rings. The summed E-state index contributed by atoms with van der Waals surface area (Å²) in [6, 6.07) is 1.88. The fourth-order valence-corrected chi connectivity index (χ4v) is 2.68. The van der Waals surface area contributed by atoms with Gasteiger partial charge < -0.3 is 10.0 Å². The van der Waals surface area contributed by atoms with Gasteiger partial charge in [0.2, 0.25) is 5.91 Å². The monoisotopic (exact) mass is 291 g/mol. The van der Waals surface area contributed by atoms with Gasteiger partial charge in [-0.3, -0.25) is 14.3 Å². The van der Waals surface area contributed by atoms with Crippen molar-refractivity contribution in [2.75, 3.05) is 6.54 Å². The number of hydrogen-bond donors (Lipinski definition) is 1. The van der Waals surface area contributed by atoms with Gasteiger partial charge in [-0.2, -0.15) is 5.10 Å². The van der Waals surface area contributed by atoms with Crippen LogP contribution < -0.4 is 0 Å². The van der Waals surface area contributed by atoms with E-state index in [4.69, 9.17) is 5.11 Å². The number of rotatable bonds is 5. The van der Waals surface area contributed by atoms with Crippen LogP contribution in [0.5, 0.6) is 0 Å². The predicted octanol–water partition coefficient (Wildman–Crippen LogP) is 1.68. The number of carbonyl (C=O) groups is 2. The molecule has 21 heavy (non-hydrogen) atoms. The summed E-state index contributed by atoms with van der Waals surface area (Å²) in [4.78, 5) is 24.8. The van der Waals surface area contributed by atoms with Crippen molar-refractivity contribution in [1.29, 1.82) is 0 Å². The number of nitrogens with zero attached hydrogens (tertiary/aromatic N) is 3. The largest absolute Gasteiger partial charge is 0.481 e. The lowest BCUT2D eigenvalue weighted by molar-refractivity contribution is -0.138. The minimum atomic E-state index is -0.807. The lowest BCUT2D eigenvalue weighted by Gasteiger charge is -2.35. The normalized spacial score (nSPS) is 19.1. The molecule has 114 valence electrons. The Balaban J connectivity index is 1.99. The Hall–Kier alpha value is -2.11. The van der Waals surface area contributed by atoms with Crippen molar-refractivity contribution in [3.63, 3.8) is 0 Å². The highest BCUT2D eigenvalue weighted by Crippen LogP contribution is 2.21. The lowest BCUT2D eigenvalue weighted by atomic mass is 9.98. The molecule has 1 aromatic rings.